The van der Waals surface area contributed by atoms with E-state index in [1.54, 1.807) is 23.8 Å². The highest BCUT2D eigenvalue weighted by molar-refractivity contribution is 8.03. The third kappa shape index (κ3) is 6.61. The Bertz CT molecular complexity index is 946. The maximum Gasteiger partial charge on any atom is 0.331 e. The van der Waals surface area contributed by atoms with Gasteiger partial charge in [0.2, 0.25) is 0 Å². The maximum atomic E-state index is 13.1. The van der Waals surface area contributed by atoms with Gasteiger partial charge in [-0.15, -0.1) is 0 Å². The van der Waals surface area contributed by atoms with Gasteiger partial charge < -0.3 is 14.4 Å². The first-order valence-electron chi connectivity index (χ1n) is 12.8. The Morgan fingerprint density at radius 2 is 1.66 bits per heavy atom. The molecule has 0 aromatic heterocycles. The van der Waals surface area contributed by atoms with Crippen LogP contribution in [0.3, 0.4) is 0 Å². The van der Waals surface area contributed by atoms with Crippen LogP contribution in [-0.2, 0) is 9.53 Å². The Balaban J connectivity index is 1.89. The summed E-state index contributed by atoms with van der Waals surface area (Å²) in [6, 6.07) is 5.96. The van der Waals surface area contributed by atoms with Crippen molar-refractivity contribution in [2.75, 3.05) is 44.9 Å². The quantitative estimate of drug-likeness (QED) is 0.177. The monoisotopic (exact) mass is 501 g/mol. The van der Waals surface area contributed by atoms with Gasteiger partial charge in [0.1, 0.15) is 11.4 Å². The third-order valence-electron chi connectivity index (χ3n) is 6.10. The second-order valence-electron chi connectivity index (χ2n) is 8.67. The maximum absolute atomic E-state index is 13.1. The summed E-state index contributed by atoms with van der Waals surface area (Å²) in [5.41, 5.74) is 1.60. The van der Waals surface area contributed by atoms with Crippen molar-refractivity contribution < 1.29 is 19.1 Å². The zero-order valence-electron chi connectivity index (χ0n) is 21.5. The SMILES string of the molecule is CCCCCCN1/C(=C\C=C2\C(=O)N(CCOC)C(=O)N2CCCC)Sc2cc(OCC)ccc21. The number of nitrogens with zero attached hydrogens (tertiary/aromatic N) is 3. The second kappa shape index (κ2) is 13.6. The molecule has 0 atom stereocenters. The van der Waals surface area contributed by atoms with Crippen molar-refractivity contribution in [2.24, 2.45) is 0 Å². The lowest BCUT2D eigenvalue weighted by Crippen LogP contribution is -2.35. The number of methoxy groups -OCH3 is 1. The fourth-order valence-corrected chi connectivity index (χ4v) is 5.33. The Morgan fingerprint density at radius 1 is 0.886 bits per heavy atom. The van der Waals surface area contributed by atoms with Crippen LogP contribution in [0.2, 0.25) is 0 Å². The van der Waals surface area contributed by atoms with Crippen LogP contribution in [-0.4, -0.2) is 61.7 Å². The van der Waals surface area contributed by atoms with Gasteiger partial charge in [0, 0.05) is 25.1 Å². The standard InChI is InChI=1S/C27H39N3O4S/c1-5-8-10-11-17-28-22-13-12-21(34-7-3)20-24(22)35-25(28)15-14-23-26(31)30(18-19-33-4)27(32)29(23)16-9-6-2/h12-15,20H,5-11,16-19H2,1-4H3/b23-14-,25-15+. The fraction of sp³-hybridized carbons (Fsp3) is 0.556. The van der Waals surface area contributed by atoms with E-state index in [4.69, 9.17) is 9.47 Å². The molecule has 0 aliphatic carbocycles. The van der Waals surface area contributed by atoms with Crippen molar-refractivity contribution in [2.45, 2.75) is 64.2 Å². The first-order valence-corrected chi connectivity index (χ1v) is 13.6. The van der Waals surface area contributed by atoms with E-state index in [2.05, 4.69) is 30.9 Å². The van der Waals surface area contributed by atoms with Crippen molar-refractivity contribution in [3.05, 3.63) is 41.1 Å². The van der Waals surface area contributed by atoms with Gasteiger partial charge in [-0.3, -0.25) is 14.6 Å². The highest BCUT2D eigenvalue weighted by atomic mass is 32.2. The van der Waals surface area contributed by atoms with Crippen LogP contribution in [0.5, 0.6) is 5.75 Å². The normalized spacial score (nSPS) is 17.9. The molecule has 2 aliphatic rings. The molecule has 192 valence electrons. The molecule has 3 rings (SSSR count). The van der Waals surface area contributed by atoms with Crippen molar-refractivity contribution in [1.29, 1.82) is 0 Å². The molecule has 1 aromatic carbocycles. The summed E-state index contributed by atoms with van der Waals surface area (Å²) >= 11 is 1.68. The summed E-state index contributed by atoms with van der Waals surface area (Å²) in [7, 11) is 1.57. The summed E-state index contributed by atoms with van der Waals surface area (Å²) in [5, 5.41) is 1.06. The predicted molar refractivity (Wildman–Crippen MR) is 142 cm³/mol. The van der Waals surface area contributed by atoms with Gasteiger partial charge >= 0.3 is 6.03 Å². The minimum Gasteiger partial charge on any atom is -0.494 e. The largest absolute Gasteiger partial charge is 0.494 e. The minimum atomic E-state index is -0.259. The Hall–Kier alpha value is -2.45. The van der Waals surface area contributed by atoms with E-state index in [9.17, 15) is 9.59 Å². The lowest BCUT2D eigenvalue weighted by atomic mass is 10.2. The van der Waals surface area contributed by atoms with Gasteiger partial charge in [-0.1, -0.05) is 51.3 Å². The minimum absolute atomic E-state index is 0.256. The number of urea groups is 1. The van der Waals surface area contributed by atoms with Gasteiger partial charge in [0.05, 0.1) is 30.5 Å². The average Bonchev–Trinajstić information content (AvgIpc) is 3.31. The molecule has 0 bridgehead atoms. The number of carbonyl (C=O) groups excluding carboxylic acids is 2. The number of hydrogen-bond donors (Lipinski definition) is 0. The van der Waals surface area contributed by atoms with E-state index in [1.807, 2.05) is 25.1 Å². The Morgan fingerprint density at radius 3 is 2.37 bits per heavy atom. The molecular formula is C27H39N3O4S. The molecular weight excluding hydrogens is 462 g/mol. The number of anilines is 1. The first kappa shape index (κ1) is 27.1. The van der Waals surface area contributed by atoms with Gasteiger partial charge in [-0.25, -0.2) is 4.79 Å². The number of ether oxygens (including phenoxy) is 2. The number of amides is 3. The van der Waals surface area contributed by atoms with E-state index in [0.29, 0.717) is 25.5 Å². The Kier molecular flexibility index (Phi) is 10.5. The summed E-state index contributed by atoms with van der Waals surface area (Å²) in [5.74, 6) is 0.606. The smallest absolute Gasteiger partial charge is 0.331 e. The number of fused-ring (bicyclic) bond motifs is 1. The summed E-state index contributed by atoms with van der Waals surface area (Å²) in [4.78, 5) is 32.5. The summed E-state index contributed by atoms with van der Waals surface area (Å²) < 4.78 is 10.8. The second-order valence-corrected chi connectivity index (χ2v) is 9.73. The molecule has 1 fully saturated rings. The van der Waals surface area contributed by atoms with Crippen LogP contribution in [0.25, 0.3) is 0 Å². The number of imide groups is 1. The van der Waals surface area contributed by atoms with E-state index in [1.165, 1.54) is 24.2 Å². The van der Waals surface area contributed by atoms with Crippen LogP contribution in [0.15, 0.2) is 46.0 Å². The lowest BCUT2D eigenvalue weighted by Gasteiger charge is -2.20. The van der Waals surface area contributed by atoms with E-state index >= 15 is 0 Å². The molecule has 0 radical (unpaired) electrons. The van der Waals surface area contributed by atoms with Crippen LogP contribution < -0.4 is 9.64 Å². The molecule has 0 unspecified atom stereocenters. The van der Waals surface area contributed by atoms with Crippen LogP contribution in [0, 0.1) is 0 Å². The zero-order valence-corrected chi connectivity index (χ0v) is 22.4. The molecule has 1 aromatic rings. The first-order chi connectivity index (χ1) is 17.0. The van der Waals surface area contributed by atoms with Gasteiger partial charge in [0.15, 0.2) is 0 Å². The van der Waals surface area contributed by atoms with Crippen molar-refractivity contribution in [3.8, 4) is 5.75 Å². The van der Waals surface area contributed by atoms with E-state index in [0.717, 1.165) is 47.2 Å². The molecule has 35 heavy (non-hydrogen) atoms. The van der Waals surface area contributed by atoms with Crippen LogP contribution in [0.4, 0.5) is 10.5 Å². The Labute approximate surface area is 214 Å². The zero-order chi connectivity index (χ0) is 25.2. The number of carbonyl (C=O) groups is 2. The molecule has 3 amide bonds. The van der Waals surface area contributed by atoms with E-state index < -0.39 is 0 Å². The lowest BCUT2D eigenvalue weighted by molar-refractivity contribution is -0.123. The number of hydrogen-bond acceptors (Lipinski definition) is 6. The molecule has 8 heteroatoms. The molecule has 2 heterocycles. The number of allylic oxidation sites excluding steroid dienone is 2. The molecule has 1 saturated heterocycles. The summed E-state index contributed by atoms with van der Waals surface area (Å²) in [6.07, 6.45) is 10.3. The summed E-state index contributed by atoms with van der Waals surface area (Å²) in [6.45, 7) is 8.94. The predicted octanol–water partition coefficient (Wildman–Crippen LogP) is 6.01. The molecule has 0 saturated carbocycles. The van der Waals surface area contributed by atoms with Crippen molar-refractivity contribution in [3.63, 3.8) is 0 Å². The van der Waals surface area contributed by atoms with Gasteiger partial charge in [-0.05, 0) is 50.1 Å². The number of thioether (sulfide) groups is 1. The molecule has 2 aliphatic heterocycles. The molecule has 0 N–H and O–H groups in total. The molecule has 0 spiro atoms. The van der Waals surface area contributed by atoms with Crippen molar-refractivity contribution >= 4 is 29.4 Å². The number of rotatable bonds is 14. The van der Waals surface area contributed by atoms with E-state index in [-0.39, 0.29) is 18.5 Å². The molecule has 7 nitrogen and oxygen atoms in total. The topological polar surface area (TPSA) is 62.3 Å². The number of benzene rings is 1. The third-order valence-corrected chi connectivity index (χ3v) is 7.22. The van der Waals surface area contributed by atoms with Gasteiger partial charge in [0.25, 0.3) is 5.91 Å². The fourth-order valence-electron chi connectivity index (χ4n) is 4.21. The van der Waals surface area contributed by atoms with Gasteiger partial charge in [-0.2, -0.15) is 0 Å². The highest BCUT2D eigenvalue weighted by Gasteiger charge is 2.40. The number of unbranched alkanes of at least 4 members (excludes halogenated alkanes) is 4. The van der Waals surface area contributed by atoms with Crippen LogP contribution in [0.1, 0.15) is 59.3 Å². The van der Waals surface area contributed by atoms with Crippen molar-refractivity contribution in [1.82, 2.24) is 9.80 Å². The van der Waals surface area contributed by atoms with Crippen LogP contribution >= 0.6 is 11.8 Å². The average molecular weight is 502 g/mol. The highest BCUT2D eigenvalue weighted by Crippen LogP contribution is 2.47.